The van der Waals surface area contributed by atoms with E-state index in [1.54, 1.807) is 0 Å². The summed E-state index contributed by atoms with van der Waals surface area (Å²) in [5, 5.41) is 9.59. The fourth-order valence-electron chi connectivity index (χ4n) is 9.93. The molecule has 0 fully saturated rings. The van der Waals surface area contributed by atoms with Crippen molar-refractivity contribution in [2.45, 2.75) is 41.5 Å². The maximum atomic E-state index is 4.53. The third kappa shape index (κ3) is 7.88. The lowest BCUT2D eigenvalue weighted by atomic mass is 9.85. The summed E-state index contributed by atoms with van der Waals surface area (Å²) in [5.74, 6) is 0. The van der Waals surface area contributed by atoms with Gasteiger partial charge in [0.05, 0.1) is 22.8 Å². The zero-order valence-electron chi connectivity index (χ0n) is 39.9. The number of hydrogen-bond acceptors (Lipinski definition) is 2. The highest BCUT2D eigenvalue weighted by atomic mass is 15.2. The minimum atomic E-state index is 0.960. The Morgan fingerprint density at radius 3 is 1.50 bits per heavy atom. The van der Waals surface area contributed by atoms with Crippen molar-refractivity contribution in [3.05, 3.63) is 259 Å². The predicted molar refractivity (Wildman–Crippen MR) is 297 cm³/mol. The van der Waals surface area contributed by atoms with E-state index in [1.165, 1.54) is 76.6 Å². The Morgan fingerprint density at radius 2 is 0.956 bits per heavy atom. The highest BCUT2D eigenvalue weighted by Crippen LogP contribution is 2.52. The summed E-state index contributed by atoms with van der Waals surface area (Å²) >= 11 is 0. The molecule has 0 aliphatic heterocycles. The first kappa shape index (κ1) is 43.7. The first-order valence-corrected chi connectivity index (χ1v) is 23.6. The fourth-order valence-corrected chi connectivity index (χ4v) is 9.93. The molecule has 0 amide bonds. The Balaban J connectivity index is 1.42. The molecule has 2 heteroatoms. The normalized spacial score (nSPS) is 12.2. The van der Waals surface area contributed by atoms with Gasteiger partial charge in [-0.15, -0.1) is 0 Å². The summed E-state index contributed by atoms with van der Waals surface area (Å²) in [4.78, 5) is 4.93. The molecule has 0 N–H and O–H groups in total. The van der Waals surface area contributed by atoms with Crippen molar-refractivity contribution >= 4 is 71.5 Å². The van der Waals surface area contributed by atoms with Crippen molar-refractivity contribution in [3.63, 3.8) is 0 Å². The third-order valence-corrected chi connectivity index (χ3v) is 13.4. The quantitative estimate of drug-likeness (QED) is 0.0891. The van der Waals surface area contributed by atoms with Gasteiger partial charge in [-0.1, -0.05) is 193 Å². The topological polar surface area (TPSA) is 6.48 Å². The Labute approximate surface area is 401 Å². The van der Waals surface area contributed by atoms with Crippen LogP contribution in [0.5, 0.6) is 0 Å². The molecule has 0 aromatic heterocycles. The summed E-state index contributed by atoms with van der Waals surface area (Å²) in [6.07, 6.45) is 10.3. The second-order valence-electron chi connectivity index (χ2n) is 18.2. The lowest BCUT2D eigenvalue weighted by Gasteiger charge is -2.32. The Kier molecular flexibility index (Phi) is 11.7. The monoisotopic (exact) mass is 876 g/mol. The molecule has 10 aromatic rings. The zero-order valence-corrected chi connectivity index (χ0v) is 39.9. The molecule has 0 saturated heterocycles. The maximum Gasteiger partial charge on any atom is 0.0547 e. The van der Waals surface area contributed by atoms with Crippen LogP contribution in [0.25, 0.3) is 65.3 Å². The Hall–Kier alpha value is -8.20. The van der Waals surface area contributed by atoms with E-state index in [9.17, 15) is 0 Å². The molecule has 0 aliphatic carbocycles. The molecule has 2 nitrogen and oxygen atoms in total. The van der Waals surface area contributed by atoms with Crippen molar-refractivity contribution in [3.8, 4) is 22.3 Å². The van der Waals surface area contributed by atoms with Crippen LogP contribution in [-0.4, -0.2) is 0 Å². The molecule has 0 saturated carbocycles. The SMILES string of the molecule is C=C\C=C/C(C(=C)C)=C(/C=C\C)N(c1ccc(C)cc1)c1cc(-c2ccc(C)cc2)c2ccc3c(N(c4ccc(C)cc4)c4cccc5ccccc45)cc(-c4ccc(C)cc4)c4ccc1c2c43. The van der Waals surface area contributed by atoms with Gasteiger partial charge in [0.1, 0.15) is 0 Å². The van der Waals surface area contributed by atoms with Crippen LogP contribution in [0.15, 0.2) is 236 Å². The summed E-state index contributed by atoms with van der Waals surface area (Å²) < 4.78 is 0. The molecule has 0 radical (unpaired) electrons. The maximum absolute atomic E-state index is 4.53. The van der Waals surface area contributed by atoms with Gasteiger partial charge in [-0.05, 0) is 134 Å². The smallest absolute Gasteiger partial charge is 0.0547 e. The van der Waals surface area contributed by atoms with Crippen molar-refractivity contribution in [1.29, 1.82) is 0 Å². The standard InChI is InChI=1S/C66H56N2/c1-9-11-18-53(43(3)4)61(15-10-2)67(51-33-25-46(7)26-34-51)63-41-59(49-29-21-44(5)22-30-49)55-38-40-58-64(42-60(50-31-23-45(6)24-32-50)56-37-39-57(63)65(55)66(56)58)68(52-35-27-47(8)28-36-52)62-20-14-17-48-16-12-13-19-54(48)62/h9-42H,1,3H2,2,4-8H3/b15-10-,18-11-,61-53+. The van der Waals surface area contributed by atoms with Crippen LogP contribution in [0.4, 0.5) is 28.4 Å². The molecule has 0 aliphatic rings. The van der Waals surface area contributed by atoms with Crippen LogP contribution < -0.4 is 9.80 Å². The van der Waals surface area contributed by atoms with Gasteiger partial charge in [0.25, 0.3) is 0 Å². The highest BCUT2D eigenvalue weighted by molar-refractivity contribution is 6.32. The molecule has 10 rings (SSSR count). The third-order valence-electron chi connectivity index (χ3n) is 13.4. The minimum absolute atomic E-state index is 0.960. The van der Waals surface area contributed by atoms with Gasteiger partial charge >= 0.3 is 0 Å². The fraction of sp³-hybridized carbons (Fsp3) is 0.0909. The molecule has 0 unspecified atom stereocenters. The van der Waals surface area contributed by atoms with Gasteiger partial charge in [-0.25, -0.2) is 0 Å². The van der Waals surface area contributed by atoms with E-state index >= 15 is 0 Å². The molecular formula is C66H56N2. The molecule has 0 spiro atoms. The first-order valence-electron chi connectivity index (χ1n) is 23.6. The van der Waals surface area contributed by atoms with Gasteiger partial charge in [-0.2, -0.15) is 0 Å². The molecular weight excluding hydrogens is 821 g/mol. The highest BCUT2D eigenvalue weighted by Gasteiger charge is 2.27. The van der Waals surface area contributed by atoms with E-state index in [0.717, 1.165) is 56.2 Å². The van der Waals surface area contributed by atoms with Gasteiger partial charge < -0.3 is 9.80 Å². The summed E-state index contributed by atoms with van der Waals surface area (Å²) in [5.41, 5.74) is 18.1. The number of nitrogens with zero attached hydrogens (tertiary/aromatic N) is 2. The largest absolute Gasteiger partial charge is 0.309 e. The second-order valence-corrected chi connectivity index (χ2v) is 18.2. The lowest BCUT2D eigenvalue weighted by Crippen LogP contribution is -2.18. The van der Waals surface area contributed by atoms with E-state index in [2.05, 4.69) is 259 Å². The molecule has 68 heavy (non-hydrogen) atoms. The van der Waals surface area contributed by atoms with Gasteiger partial charge in [0, 0.05) is 43.9 Å². The number of allylic oxidation sites excluding steroid dienone is 7. The predicted octanol–water partition coefficient (Wildman–Crippen LogP) is 19.1. The van der Waals surface area contributed by atoms with Gasteiger partial charge in [-0.3, -0.25) is 0 Å². The van der Waals surface area contributed by atoms with E-state index < -0.39 is 0 Å². The average Bonchev–Trinajstić information content (AvgIpc) is 3.35. The Morgan fingerprint density at radius 1 is 0.471 bits per heavy atom. The average molecular weight is 877 g/mol. The van der Waals surface area contributed by atoms with Crippen molar-refractivity contribution in [2.75, 3.05) is 9.80 Å². The zero-order chi connectivity index (χ0) is 47.1. The van der Waals surface area contributed by atoms with Crippen LogP contribution in [0.3, 0.4) is 0 Å². The van der Waals surface area contributed by atoms with Crippen LogP contribution >= 0.6 is 0 Å². The van der Waals surface area contributed by atoms with Crippen LogP contribution in [0, 0.1) is 27.7 Å². The van der Waals surface area contributed by atoms with Crippen molar-refractivity contribution in [1.82, 2.24) is 0 Å². The molecule has 10 aromatic carbocycles. The minimum Gasteiger partial charge on any atom is -0.309 e. The lowest BCUT2D eigenvalue weighted by molar-refractivity contribution is 1.18. The van der Waals surface area contributed by atoms with E-state index in [-0.39, 0.29) is 0 Å². The summed E-state index contributed by atoms with van der Waals surface area (Å²) in [6, 6.07) is 65.7. The number of aryl methyl sites for hydroxylation is 4. The van der Waals surface area contributed by atoms with E-state index in [4.69, 9.17) is 0 Å². The number of hydrogen-bond donors (Lipinski definition) is 0. The number of anilines is 5. The summed E-state index contributed by atoms with van der Waals surface area (Å²) in [6.45, 7) is 21.4. The van der Waals surface area contributed by atoms with Crippen LogP contribution in [0.1, 0.15) is 36.1 Å². The van der Waals surface area contributed by atoms with Crippen LogP contribution in [-0.2, 0) is 0 Å². The number of benzene rings is 10. The molecule has 0 heterocycles. The van der Waals surface area contributed by atoms with E-state index in [1.807, 2.05) is 12.2 Å². The van der Waals surface area contributed by atoms with Crippen molar-refractivity contribution < 1.29 is 0 Å². The molecule has 0 bridgehead atoms. The van der Waals surface area contributed by atoms with E-state index in [0.29, 0.717) is 0 Å². The molecule has 330 valence electrons. The number of rotatable bonds is 12. The second kappa shape index (κ2) is 18.2. The molecule has 0 atom stereocenters. The Bertz CT molecular complexity index is 3610. The van der Waals surface area contributed by atoms with Crippen molar-refractivity contribution in [2.24, 2.45) is 0 Å². The summed E-state index contributed by atoms with van der Waals surface area (Å²) in [7, 11) is 0. The van der Waals surface area contributed by atoms with Gasteiger partial charge in [0.15, 0.2) is 0 Å². The van der Waals surface area contributed by atoms with Crippen LogP contribution in [0.2, 0.25) is 0 Å². The van der Waals surface area contributed by atoms with Gasteiger partial charge in [0.2, 0.25) is 0 Å². The first-order chi connectivity index (χ1) is 33.1. The number of fused-ring (bicyclic) bond motifs is 1.